The molecule has 1 amide bonds. The number of rotatable bonds is 5. The Hall–Kier alpha value is -1.87. The molecule has 1 rings (SSSR count). The summed E-state index contributed by atoms with van der Waals surface area (Å²) < 4.78 is 44.3. The number of hydrogen-bond donors (Lipinski definition) is 3. The summed E-state index contributed by atoms with van der Waals surface area (Å²) in [7, 11) is -3.89. The number of primary amides is 1. The van der Waals surface area contributed by atoms with E-state index in [1.807, 2.05) is 0 Å². The Morgan fingerprint density at radius 2 is 2.05 bits per heavy atom. The first kappa shape index (κ1) is 16.2. The van der Waals surface area contributed by atoms with Crippen LogP contribution in [0.25, 0.3) is 0 Å². The Kier molecular flexibility index (Phi) is 4.90. The van der Waals surface area contributed by atoms with Crippen LogP contribution in [0.4, 0.5) is 14.9 Å². The van der Waals surface area contributed by atoms with Crippen molar-refractivity contribution in [1.82, 2.24) is 4.72 Å². The largest absolute Gasteiger partial charge is 0.448 e. The van der Waals surface area contributed by atoms with Crippen molar-refractivity contribution in [3.05, 3.63) is 23.0 Å². The number of sulfonamides is 1. The Bertz CT molecular complexity index is 631. The maximum Gasteiger partial charge on any atom is 0.404 e. The molecule has 20 heavy (non-hydrogen) atoms. The standard InChI is InChI=1S/C11H16FN3O4S/c1-6-5-8(12)9(13)7(2)10(6)20(17,18)15-3-4-19-11(14)16/h5,15H,3-4,13H2,1-2H3,(H2,14,16). The number of aryl methyl sites for hydroxylation is 1. The number of nitrogen functional groups attached to an aromatic ring is 1. The van der Waals surface area contributed by atoms with E-state index in [-0.39, 0.29) is 34.9 Å². The fourth-order valence-electron chi connectivity index (χ4n) is 1.74. The van der Waals surface area contributed by atoms with Gasteiger partial charge in [-0.1, -0.05) is 0 Å². The third-order valence-corrected chi connectivity index (χ3v) is 4.36. The number of nitrogens with two attached hydrogens (primary N) is 2. The number of anilines is 1. The van der Waals surface area contributed by atoms with Crippen LogP contribution < -0.4 is 16.2 Å². The summed E-state index contributed by atoms with van der Waals surface area (Å²) in [5, 5.41) is 0. The van der Waals surface area contributed by atoms with Crippen molar-refractivity contribution in [3.63, 3.8) is 0 Å². The molecule has 0 spiro atoms. The first-order valence-electron chi connectivity index (χ1n) is 5.64. The molecule has 0 aliphatic rings. The fraction of sp³-hybridized carbons (Fsp3) is 0.364. The summed E-state index contributed by atoms with van der Waals surface area (Å²) in [6.07, 6.45) is -0.998. The maximum absolute atomic E-state index is 13.4. The zero-order valence-electron chi connectivity index (χ0n) is 11.1. The number of amides is 1. The number of ether oxygens (including phenoxy) is 1. The van der Waals surface area contributed by atoms with Crippen LogP contribution in [0.3, 0.4) is 0 Å². The fourth-order valence-corrected chi connectivity index (χ4v) is 3.24. The van der Waals surface area contributed by atoms with E-state index in [9.17, 15) is 17.6 Å². The Morgan fingerprint density at radius 1 is 1.45 bits per heavy atom. The predicted molar refractivity (Wildman–Crippen MR) is 71.0 cm³/mol. The van der Waals surface area contributed by atoms with E-state index in [2.05, 4.69) is 9.46 Å². The van der Waals surface area contributed by atoms with Gasteiger partial charge in [-0.2, -0.15) is 0 Å². The average Bonchev–Trinajstić information content (AvgIpc) is 2.31. The van der Waals surface area contributed by atoms with Crippen molar-refractivity contribution in [2.75, 3.05) is 18.9 Å². The van der Waals surface area contributed by atoms with Gasteiger partial charge in [0.2, 0.25) is 10.0 Å². The highest BCUT2D eigenvalue weighted by atomic mass is 32.2. The molecule has 112 valence electrons. The minimum atomic E-state index is -3.89. The lowest BCUT2D eigenvalue weighted by Crippen LogP contribution is -2.30. The Balaban J connectivity index is 2.99. The second kappa shape index (κ2) is 6.06. The van der Waals surface area contributed by atoms with Crippen molar-refractivity contribution < 1.29 is 22.3 Å². The second-order valence-corrected chi connectivity index (χ2v) is 5.81. The topological polar surface area (TPSA) is 125 Å². The van der Waals surface area contributed by atoms with Crippen molar-refractivity contribution in [3.8, 4) is 0 Å². The molecular formula is C11H16FN3O4S. The summed E-state index contributed by atoms with van der Waals surface area (Å²) in [6.45, 7) is 2.52. The van der Waals surface area contributed by atoms with Crippen LogP contribution in [0.5, 0.6) is 0 Å². The maximum atomic E-state index is 13.4. The van der Waals surface area contributed by atoms with Crippen molar-refractivity contribution >= 4 is 21.8 Å². The van der Waals surface area contributed by atoms with E-state index in [4.69, 9.17) is 11.5 Å². The zero-order valence-corrected chi connectivity index (χ0v) is 11.9. The van der Waals surface area contributed by atoms with Crippen LogP contribution in [-0.4, -0.2) is 27.7 Å². The van der Waals surface area contributed by atoms with Crippen LogP contribution >= 0.6 is 0 Å². The van der Waals surface area contributed by atoms with E-state index in [1.165, 1.54) is 13.8 Å². The molecule has 1 aromatic carbocycles. The number of nitrogens with one attached hydrogen (secondary N) is 1. The van der Waals surface area contributed by atoms with Crippen LogP contribution in [0.2, 0.25) is 0 Å². The molecule has 7 nitrogen and oxygen atoms in total. The van der Waals surface area contributed by atoms with Gasteiger partial charge in [0.15, 0.2) is 0 Å². The van der Waals surface area contributed by atoms with Gasteiger partial charge in [0.05, 0.1) is 10.6 Å². The number of halogens is 1. The first-order chi connectivity index (χ1) is 9.16. The summed E-state index contributed by atoms with van der Waals surface area (Å²) in [4.78, 5) is 10.3. The van der Waals surface area contributed by atoms with Crippen molar-refractivity contribution in [1.29, 1.82) is 0 Å². The molecule has 0 aliphatic heterocycles. The minimum absolute atomic E-state index is 0.0875. The number of hydrogen-bond acceptors (Lipinski definition) is 5. The summed E-state index contributed by atoms with van der Waals surface area (Å²) >= 11 is 0. The molecular weight excluding hydrogens is 289 g/mol. The average molecular weight is 305 g/mol. The molecule has 0 radical (unpaired) electrons. The molecule has 5 N–H and O–H groups in total. The molecule has 0 aliphatic carbocycles. The highest BCUT2D eigenvalue weighted by Crippen LogP contribution is 2.27. The van der Waals surface area contributed by atoms with E-state index in [0.717, 1.165) is 6.07 Å². The van der Waals surface area contributed by atoms with Gasteiger partial charge in [-0.05, 0) is 31.0 Å². The lowest BCUT2D eigenvalue weighted by molar-refractivity contribution is 0.159. The van der Waals surface area contributed by atoms with Crippen LogP contribution in [0.1, 0.15) is 11.1 Å². The molecule has 0 saturated carbocycles. The molecule has 9 heteroatoms. The molecule has 0 saturated heterocycles. The third-order valence-electron chi connectivity index (χ3n) is 2.61. The molecule has 1 aromatic rings. The van der Waals surface area contributed by atoms with Gasteiger partial charge in [-0.25, -0.2) is 22.3 Å². The highest BCUT2D eigenvalue weighted by molar-refractivity contribution is 7.89. The van der Waals surface area contributed by atoms with E-state index in [0.29, 0.717) is 0 Å². The third kappa shape index (κ3) is 3.58. The van der Waals surface area contributed by atoms with Crippen molar-refractivity contribution in [2.45, 2.75) is 18.7 Å². The van der Waals surface area contributed by atoms with Crippen LogP contribution in [0.15, 0.2) is 11.0 Å². The van der Waals surface area contributed by atoms with Crippen LogP contribution in [0, 0.1) is 19.7 Å². The van der Waals surface area contributed by atoms with Gasteiger partial charge in [-0.3, -0.25) is 0 Å². The van der Waals surface area contributed by atoms with Gasteiger partial charge in [-0.15, -0.1) is 0 Å². The van der Waals surface area contributed by atoms with Gasteiger partial charge in [0.1, 0.15) is 12.4 Å². The Morgan fingerprint density at radius 3 is 2.60 bits per heavy atom. The lowest BCUT2D eigenvalue weighted by atomic mass is 10.1. The van der Waals surface area contributed by atoms with Crippen molar-refractivity contribution in [2.24, 2.45) is 5.73 Å². The van der Waals surface area contributed by atoms with E-state index in [1.54, 1.807) is 0 Å². The molecule has 0 unspecified atom stereocenters. The predicted octanol–water partition coefficient (Wildman–Crippen LogP) is 0.398. The summed E-state index contributed by atoms with van der Waals surface area (Å²) in [6, 6.07) is 1.05. The molecule has 0 atom stereocenters. The molecule has 0 heterocycles. The summed E-state index contributed by atoms with van der Waals surface area (Å²) in [5.74, 6) is -0.670. The molecule has 0 fully saturated rings. The first-order valence-corrected chi connectivity index (χ1v) is 7.12. The van der Waals surface area contributed by atoms with E-state index >= 15 is 0 Å². The van der Waals surface area contributed by atoms with Gasteiger partial charge in [0.25, 0.3) is 0 Å². The van der Waals surface area contributed by atoms with Crippen LogP contribution in [-0.2, 0) is 14.8 Å². The number of carbonyl (C=O) groups is 1. The zero-order chi connectivity index (χ0) is 15.5. The molecule has 0 bridgehead atoms. The SMILES string of the molecule is Cc1cc(F)c(N)c(C)c1S(=O)(=O)NCCOC(N)=O. The second-order valence-electron chi connectivity index (χ2n) is 4.11. The van der Waals surface area contributed by atoms with E-state index < -0.39 is 21.9 Å². The molecule has 0 aromatic heterocycles. The lowest BCUT2D eigenvalue weighted by Gasteiger charge is -2.14. The number of carbonyl (C=O) groups excluding carboxylic acids is 1. The smallest absolute Gasteiger partial charge is 0.404 e. The monoisotopic (exact) mass is 305 g/mol. The van der Waals surface area contributed by atoms with Gasteiger partial charge < -0.3 is 16.2 Å². The quantitative estimate of drug-likeness (QED) is 0.536. The number of benzene rings is 1. The minimum Gasteiger partial charge on any atom is -0.448 e. The van der Waals surface area contributed by atoms with Gasteiger partial charge in [0, 0.05) is 6.54 Å². The Labute approximate surface area is 116 Å². The normalized spacial score (nSPS) is 11.3. The highest BCUT2D eigenvalue weighted by Gasteiger charge is 2.22. The van der Waals surface area contributed by atoms with Gasteiger partial charge >= 0.3 is 6.09 Å². The summed E-state index contributed by atoms with van der Waals surface area (Å²) in [5.41, 5.74) is 10.4.